The van der Waals surface area contributed by atoms with Crippen LogP contribution in [0.25, 0.3) is 0 Å². The van der Waals surface area contributed by atoms with Gasteiger partial charge in [0.05, 0.1) is 5.69 Å². The Morgan fingerprint density at radius 1 is 1.27 bits per heavy atom. The van der Waals surface area contributed by atoms with Crippen LogP contribution in [0.3, 0.4) is 0 Å². The molecule has 0 radical (unpaired) electrons. The quantitative estimate of drug-likeness (QED) is 0.666. The van der Waals surface area contributed by atoms with Gasteiger partial charge in [0, 0.05) is 36.2 Å². The fourth-order valence-corrected chi connectivity index (χ4v) is 5.59. The second-order valence-electron chi connectivity index (χ2n) is 8.34. The van der Waals surface area contributed by atoms with Gasteiger partial charge in [-0.3, -0.25) is 9.59 Å². The largest absolute Gasteiger partial charge is 0.444 e. The molecule has 2 aliphatic rings. The minimum atomic E-state index is -0.515. The van der Waals surface area contributed by atoms with E-state index in [0.29, 0.717) is 38.2 Å². The van der Waals surface area contributed by atoms with E-state index in [0.717, 1.165) is 10.6 Å². The van der Waals surface area contributed by atoms with Crippen LogP contribution >= 0.6 is 23.5 Å². The number of carbonyl (C=O) groups is 3. The molecule has 0 bridgehead atoms. The van der Waals surface area contributed by atoms with E-state index in [4.69, 9.17) is 4.74 Å². The number of nitrogens with zero attached hydrogens (tertiary/aromatic N) is 1. The maximum atomic E-state index is 12.4. The molecule has 1 fully saturated rings. The van der Waals surface area contributed by atoms with Gasteiger partial charge in [0.1, 0.15) is 10.2 Å². The van der Waals surface area contributed by atoms with Gasteiger partial charge in [0.2, 0.25) is 11.8 Å². The topological polar surface area (TPSA) is 87.7 Å². The zero-order valence-electron chi connectivity index (χ0n) is 17.6. The van der Waals surface area contributed by atoms with Crippen LogP contribution in [0, 0.1) is 5.92 Å². The molecule has 1 saturated heterocycles. The van der Waals surface area contributed by atoms with Crippen molar-refractivity contribution in [2.45, 2.75) is 48.7 Å². The molecular formula is C21H29N3O4S2. The third-order valence-electron chi connectivity index (χ3n) is 4.78. The highest BCUT2D eigenvalue weighted by Crippen LogP contribution is 2.39. The van der Waals surface area contributed by atoms with Crippen LogP contribution in [-0.2, 0) is 14.3 Å². The number of benzene rings is 1. The van der Waals surface area contributed by atoms with Crippen molar-refractivity contribution in [1.29, 1.82) is 0 Å². The van der Waals surface area contributed by atoms with E-state index in [-0.39, 0.29) is 28.4 Å². The first-order valence-electron chi connectivity index (χ1n) is 10.2. The molecule has 2 N–H and O–H groups in total. The van der Waals surface area contributed by atoms with Crippen LogP contribution in [0.15, 0.2) is 29.2 Å². The van der Waals surface area contributed by atoms with Crippen molar-refractivity contribution in [2.75, 3.05) is 30.7 Å². The van der Waals surface area contributed by atoms with Crippen molar-refractivity contribution >= 4 is 47.1 Å². The lowest BCUT2D eigenvalue weighted by atomic mass is 9.96. The Balaban J connectivity index is 1.35. The van der Waals surface area contributed by atoms with E-state index >= 15 is 0 Å². The van der Waals surface area contributed by atoms with Crippen LogP contribution < -0.4 is 10.6 Å². The number of amides is 3. The van der Waals surface area contributed by atoms with Gasteiger partial charge in [0.25, 0.3) is 0 Å². The van der Waals surface area contributed by atoms with Gasteiger partial charge in [-0.15, -0.1) is 11.8 Å². The van der Waals surface area contributed by atoms with Gasteiger partial charge in [0.15, 0.2) is 0 Å². The molecule has 0 aliphatic carbocycles. The van der Waals surface area contributed by atoms with Crippen molar-refractivity contribution < 1.29 is 19.1 Å². The van der Waals surface area contributed by atoms with Gasteiger partial charge in [-0.2, -0.15) is 0 Å². The molecule has 164 valence electrons. The van der Waals surface area contributed by atoms with E-state index < -0.39 is 5.60 Å². The molecule has 0 spiro atoms. The normalized spacial score (nSPS) is 19.6. The van der Waals surface area contributed by atoms with Crippen LogP contribution in [0.2, 0.25) is 0 Å². The zero-order chi connectivity index (χ0) is 21.7. The fourth-order valence-electron chi connectivity index (χ4n) is 3.28. The molecule has 7 nitrogen and oxygen atoms in total. The number of rotatable bonds is 5. The second kappa shape index (κ2) is 9.96. The average molecular weight is 452 g/mol. The first-order valence-corrected chi connectivity index (χ1v) is 12.1. The van der Waals surface area contributed by atoms with Crippen LogP contribution in [0.1, 0.15) is 33.6 Å². The number of nitrogens with one attached hydrogen (secondary N) is 2. The third-order valence-corrected chi connectivity index (χ3v) is 7.47. The van der Waals surface area contributed by atoms with Crippen LogP contribution in [0.5, 0.6) is 0 Å². The fraction of sp³-hybridized carbons (Fsp3) is 0.571. The molecule has 9 heteroatoms. The highest BCUT2D eigenvalue weighted by atomic mass is 32.2. The molecule has 3 rings (SSSR count). The van der Waals surface area contributed by atoms with Crippen LogP contribution in [-0.4, -0.2) is 58.4 Å². The number of likely N-dealkylation sites (tertiary alicyclic amines) is 1. The van der Waals surface area contributed by atoms with Crippen molar-refractivity contribution in [2.24, 2.45) is 5.92 Å². The van der Waals surface area contributed by atoms with E-state index in [1.807, 2.05) is 45.0 Å². The standard InChI is InChI=1S/C21H29N3O4S2/c1-21(2,3)28-20(27)24-11-8-14(9-12-24)17(25)22-10-13-29-19-18(26)23-15-6-4-5-7-16(15)30-19/h4-7,14,19H,8-13H2,1-3H3,(H,22,25)(H,23,26). The van der Waals surface area contributed by atoms with Gasteiger partial charge in [-0.1, -0.05) is 23.9 Å². The summed E-state index contributed by atoms with van der Waals surface area (Å²) in [6.07, 6.45) is 0.953. The predicted molar refractivity (Wildman–Crippen MR) is 121 cm³/mol. The maximum Gasteiger partial charge on any atom is 0.410 e. The van der Waals surface area contributed by atoms with Crippen LogP contribution in [0.4, 0.5) is 10.5 Å². The minimum Gasteiger partial charge on any atom is -0.444 e. The molecule has 30 heavy (non-hydrogen) atoms. The molecule has 1 unspecified atom stereocenters. The maximum absolute atomic E-state index is 12.4. The number of ether oxygens (including phenoxy) is 1. The molecule has 2 aliphatic heterocycles. The third kappa shape index (κ3) is 6.31. The molecular weight excluding hydrogens is 422 g/mol. The van der Waals surface area contributed by atoms with Crippen molar-refractivity contribution in [3.63, 3.8) is 0 Å². The summed E-state index contributed by atoms with van der Waals surface area (Å²) in [5.41, 5.74) is 0.342. The van der Waals surface area contributed by atoms with Gasteiger partial charge < -0.3 is 20.3 Å². The summed E-state index contributed by atoms with van der Waals surface area (Å²) in [7, 11) is 0. The Morgan fingerprint density at radius 3 is 2.67 bits per heavy atom. The predicted octanol–water partition coefficient (Wildman–Crippen LogP) is 3.55. The minimum absolute atomic E-state index is 0.00968. The number of anilines is 1. The van der Waals surface area contributed by atoms with Crippen molar-refractivity contribution in [3.8, 4) is 0 Å². The van der Waals surface area contributed by atoms with Gasteiger partial charge in [-0.05, 0) is 45.7 Å². The highest BCUT2D eigenvalue weighted by molar-refractivity contribution is 8.18. The lowest BCUT2D eigenvalue weighted by Crippen LogP contribution is -2.45. The first kappa shape index (κ1) is 22.8. The Hall–Kier alpha value is -1.87. The molecule has 0 aromatic heterocycles. The molecule has 3 amide bonds. The van der Waals surface area contributed by atoms with Crippen molar-refractivity contribution in [1.82, 2.24) is 10.2 Å². The number of piperidine rings is 1. The second-order valence-corrected chi connectivity index (χ2v) is 11.0. The van der Waals surface area contributed by atoms with E-state index in [9.17, 15) is 14.4 Å². The number of carbonyl (C=O) groups excluding carboxylic acids is 3. The summed E-state index contributed by atoms with van der Waals surface area (Å²) in [4.78, 5) is 39.5. The van der Waals surface area contributed by atoms with E-state index in [1.165, 1.54) is 11.8 Å². The van der Waals surface area contributed by atoms with E-state index in [1.54, 1.807) is 16.7 Å². The Labute approximate surface area is 186 Å². The number of para-hydroxylation sites is 1. The first-order chi connectivity index (χ1) is 14.2. The lowest BCUT2D eigenvalue weighted by molar-refractivity contribution is -0.126. The SMILES string of the molecule is CC(C)(C)OC(=O)N1CCC(C(=O)NCCSC2Sc3ccccc3NC2=O)CC1. The van der Waals surface area contributed by atoms with Crippen molar-refractivity contribution in [3.05, 3.63) is 24.3 Å². The lowest BCUT2D eigenvalue weighted by Gasteiger charge is -2.33. The number of hydrogen-bond donors (Lipinski definition) is 2. The summed E-state index contributed by atoms with van der Waals surface area (Å²) in [5.74, 6) is 0.582. The summed E-state index contributed by atoms with van der Waals surface area (Å²) in [6.45, 7) is 7.10. The monoisotopic (exact) mass is 451 g/mol. The molecule has 1 aromatic rings. The molecule has 1 aromatic carbocycles. The van der Waals surface area contributed by atoms with Gasteiger partial charge in [-0.25, -0.2) is 4.79 Å². The molecule has 0 saturated carbocycles. The van der Waals surface area contributed by atoms with Gasteiger partial charge >= 0.3 is 6.09 Å². The zero-order valence-corrected chi connectivity index (χ0v) is 19.2. The molecule has 2 heterocycles. The highest BCUT2D eigenvalue weighted by Gasteiger charge is 2.30. The summed E-state index contributed by atoms with van der Waals surface area (Å²) in [5, 5.41) is 5.90. The number of fused-ring (bicyclic) bond motifs is 1. The molecule has 1 atom stereocenters. The smallest absolute Gasteiger partial charge is 0.410 e. The number of thioether (sulfide) groups is 2. The summed E-state index contributed by atoms with van der Waals surface area (Å²) < 4.78 is 5.18. The Bertz CT molecular complexity index is 789. The van der Waals surface area contributed by atoms with E-state index in [2.05, 4.69) is 10.6 Å². The number of hydrogen-bond acceptors (Lipinski definition) is 6. The summed E-state index contributed by atoms with van der Waals surface area (Å²) in [6, 6.07) is 7.76. The average Bonchev–Trinajstić information content (AvgIpc) is 2.70. The Morgan fingerprint density at radius 2 is 1.97 bits per heavy atom. The Kier molecular flexibility index (Phi) is 7.57. The summed E-state index contributed by atoms with van der Waals surface area (Å²) >= 11 is 3.08.